The predicted octanol–water partition coefficient (Wildman–Crippen LogP) is 4.52. The second-order valence-corrected chi connectivity index (χ2v) is 7.98. The third-order valence-electron chi connectivity index (χ3n) is 4.20. The number of hydrogen-bond acceptors (Lipinski definition) is 4. The van der Waals surface area contributed by atoms with Crippen molar-refractivity contribution in [1.29, 1.82) is 5.26 Å². The number of hydrogen-bond donors (Lipinski definition) is 2. The first-order valence-electron chi connectivity index (χ1n) is 7.91. The molecule has 7 heteroatoms. The van der Waals surface area contributed by atoms with Gasteiger partial charge in [-0.2, -0.15) is 5.26 Å². The molecule has 0 radical (unpaired) electrons. The number of carbonyl (C=O) groups is 1. The van der Waals surface area contributed by atoms with Crippen LogP contribution in [0.3, 0.4) is 0 Å². The van der Waals surface area contributed by atoms with Crippen LogP contribution in [0.5, 0.6) is 0 Å². The fraction of sp³-hybridized carbons (Fsp3) is 0.278. The molecule has 1 atom stereocenters. The van der Waals surface area contributed by atoms with Crippen LogP contribution in [-0.4, -0.2) is 11.0 Å². The van der Waals surface area contributed by atoms with Crippen molar-refractivity contribution in [2.45, 2.75) is 26.2 Å². The molecule has 0 unspecified atom stereocenters. The van der Waals surface area contributed by atoms with Gasteiger partial charge in [-0.15, -0.1) is 11.3 Å². The number of amides is 1. The molecule has 2 N–H and O–H groups in total. The molecule has 0 fully saturated rings. The lowest BCUT2D eigenvalue weighted by Gasteiger charge is -2.17. The molecule has 0 bridgehead atoms. The number of benzene rings is 1. The maximum absolute atomic E-state index is 12.3. The van der Waals surface area contributed by atoms with Gasteiger partial charge in [0, 0.05) is 4.88 Å². The molecule has 0 aliphatic heterocycles. The molecule has 0 spiro atoms. The van der Waals surface area contributed by atoms with Gasteiger partial charge in [0.05, 0.1) is 16.1 Å². The zero-order valence-electron chi connectivity index (χ0n) is 13.6. The number of nitriles is 1. The molecule has 4 nitrogen and oxygen atoms in total. The van der Waals surface area contributed by atoms with Crippen LogP contribution in [0, 0.1) is 17.2 Å². The monoisotopic (exact) mass is 389 g/mol. The summed E-state index contributed by atoms with van der Waals surface area (Å²) in [6.07, 6.45) is 2.98. The van der Waals surface area contributed by atoms with Crippen molar-refractivity contribution in [2.75, 3.05) is 5.32 Å². The number of anilines is 1. The molecule has 25 heavy (non-hydrogen) atoms. The minimum Gasteiger partial charge on any atom is -0.323 e. The Bertz CT molecular complexity index is 885. The summed E-state index contributed by atoms with van der Waals surface area (Å²) in [6, 6.07) is 9.04. The number of thiophene rings is 1. The second-order valence-electron chi connectivity index (χ2n) is 6.06. The average Bonchev–Trinajstić information content (AvgIpc) is 2.90. The van der Waals surface area contributed by atoms with Crippen molar-refractivity contribution in [3.8, 4) is 6.07 Å². The summed E-state index contributed by atoms with van der Waals surface area (Å²) in [5, 5.41) is 16.4. The maximum Gasteiger partial charge on any atom is 0.258 e. The van der Waals surface area contributed by atoms with E-state index in [1.165, 1.54) is 4.88 Å². The summed E-state index contributed by atoms with van der Waals surface area (Å²) in [6.45, 7) is 2.22. The van der Waals surface area contributed by atoms with Crippen molar-refractivity contribution >= 4 is 51.2 Å². The number of thiocarbonyl (C=S) groups is 1. The molecule has 3 rings (SSSR count). The molecular formula is C18H16ClN3OS2. The zero-order valence-corrected chi connectivity index (χ0v) is 15.9. The van der Waals surface area contributed by atoms with Gasteiger partial charge in [0.25, 0.3) is 5.91 Å². The summed E-state index contributed by atoms with van der Waals surface area (Å²) in [5.41, 5.74) is 2.11. The summed E-state index contributed by atoms with van der Waals surface area (Å²) >= 11 is 12.8. The third-order valence-corrected chi connectivity index (χ3v) is 5.90. The molecule has 0 saturated carbocycles. The van der Waals surface area contributed by atoms with Crippen LogP contribution in [-0.2, 0) is 12.8 Å². The predicted molar refractivity (Wildman–Crippen MR) is 105 cm³/mol. The maximum atomic E-state index is 12.3. The highest BCUT2D eigenvalue weighted by atomic mass is 35.5. The summed E-state index contributed by atoms with van der Waals surface area (Å²) in [5.74, 6) is 0.244. The lowest BCUT2D eigenvalue weighted by Crippen LogP contribution is -2.34. The number of nitrogens with zero attached hydrogens (tertiary/aromatic N) is 1. The Morgan fingerprint density at radius 3 is 2.92 bits per heavy atom. The van der Waals surface area contributed by atoms with Gasteiger partial charge in [-0.25, -0.2) is 0 Å². The van der Waals surface area contributed by atoms with Gasteiger partial charge in [0.1, 0.15) is 11.1 Å². The van der Waals surface area contributed by atoms with Crippen LogP contribution in [0.15, 0.2) is 24.3 Å². The minimum atomic E-state index is -0.378. The van der Waals surface area contributed by atoms with E-state index in [9.17, 15) is 10.1 Å². The van der Waals surface area contributed by atoms with Crippen molar-refractivity contribution in [3.05, 3.63) is 50.9 Å². The summed E-state index contributed by atoms with van der Waals surface area (Å²) in [7, 11) is 0. The van der Waals surface area contributed by atoms with Gasteiger partial charge in [0.2, 0.25) is 0 Å². The topological polar surface area (TPSA) is 64.9 Å². The molecule has 2 aromatic rings. The highest BCUT2D eigenvalue weighted by Gasteiger charge is 2.24. The quantitative estimate of drug-likeness (QED) is 0.741. The van der Waals surface area contributed by atoms with Crippen molar-refractivity contribution in [3.63, 3.8) is 0 Å². The van der Waals surface area contributed by atoms with Gasteiger partial charge < -0.3 is 5.32 Å². The molecule has 1 amide bonds. The Labute approximate surface area is 160 Å². The molecular weight excluding hydrogens is 374 g/mol. The minimum absolute atomic E-state index is 0.160. The first-order valence-corrected chi connectivity index (χ1v) is 9.51. The van der Waals surface area contributed by atoms with Crippen molar-refractivity contribution in [1.82, 2.24) is 5.32 Å². The summed E-state index contributed by atoms with van der Waals surface area (Å²) in [4.78, 5) is 13.5. The first kappa shape index (κ1) is 17.9. The zero-order chi connectivity index (χ0) is 18.0. The molecule has 1 aromatic heterocycles. The molecule has 1 aliphatic rings. The normalized spacial score (nSPS) is 15.8. The lowest BCUT2D eigenvalue weighted by atomic mass is 9.89. The highest BCUT2D eigenvalue weighted by molar-refractivity contribution is 7.80. The van der Waals surface area contributed by atoms with Crippen LogP contribution < -0.4 is 10.6 Å². The fourth-order valence-electron chi connectivity index (χ4n) is 2.91. The van der Waals surface area contributed by atoms with E-state index in [1.807, 2.05) is 0 Å². The summed E-state index contributed by atoms with van der Waals surface area (Å²) < 4.78 is 0. The van der Waals surface area contributed by atoms with E-state index in [2.05, 4.69) is 23.6 Å². The van der Waals surface area contributed by atoms with Crippen LogP contribution in [0.1, 0.15) is 39.7 Å². The number of carbonyl (C=O) groups excluding carboxylic acids is 1. The molecule has 0 saturated heterocycles. The third kappa shape index (κ3) is 3.84. The number of rotatable bonds is 2. The Hall–Kier alpha value is -1.94. The van der Waals surface area contributed by atoms with Crippen molar-refractivity contribution < 1.29 is 4.79 Å². The number of halogens is 1. The lowest BCUT2D eigenvalue weighted by molar-refractivity contribution is 0.0978. The fourth-order valence-corrected chi connectivity index (χ4v) is 4.75. The Balaban J connectivity index is 1.75. The van der Waals surface area contributed by atoms with Gasteiger partial charge in [-0.3, -0.25) is 10.1 Å². The van der Waals surface area contributed by atoms with E-state index in [0.717, 1.165) is 24.8 Å². The second kappa shape index (κ2) is 7.52. The van der Waals surface area contributed by atoms with E-state index in [1.54, 1.807) is 35.6 Å². The van der Waals surface area contributed by atoms with E-state index < -0.39 is 0 Å². The number of nitrogens with one attached hydrogen (secondary N) is 2. The van der Waals surface area contributed by atoms with Gasteiger partial charge in [-0.1, -0.05) is 30.7 Å². The van der Waals surface area contributed by atoms with Crippen LogP contribution in [0.2, 0.25) is 5.02 Å². The standard InChI is InChI=1S/C18H16ClN3OS2/c1-10-6-7-11-13(9-20)17(25-15(11)8-10)22-18(24)21-16(23)12-4-2-3-5-14(12)19/h2-5,10H,6-8H2,1H3,(H2,21,22,23,24)/t10-/m0/s1. The van der Waals surface area contributed by atoms with Crippen LogP contribution >= 0.6 is 35.2 Å². The van der Waals surface area contributed by atoms with E-state index in [4.69, 9.17) is 23.8 Å². The smallest absolute Gasteiger partial charge is 0.258 e. The van der Waals surface area contributed by atoms with E-state index in [0.29, 0.717) is 27.1 Å². The van der Waals surface area contributed by atoms with Gasteiger partial charge in [0.15, 0.2) is 5.11 Å². The number of fused-ring (bicyclic) bond motifs is 1. The van der Waals surface area contributed by atoms with Crippen LogP contribution in [0.4, 0.5) is 5.00 Å². The van der Waals surface area contributed by atoms with Gasteiger partial charge >= 0.3 is 0 Å². The van der Waals surface area contributed by atoms with Crippen molar-refractivity contribution in [2.24, 2.45) is 5.92 Å². The van der Waals surface area contributed by atoms with E-state index >= 15 is 0 Å². The van der Waals surface area contributed by atoms with Gasteiger partial charge in [-0.05, 0) is 55.1 Å². The molecule has 1 aliphatic carbocycles. The Kier molecular flexibility index (Phi) is 5.38. The largest absolute Gasteiger partial charge is 0.323 e. The van der Waals surface area contributed by atoms with Crippen LogP contribution in [0.25, 0.3) is 0 Å². The Morgan fingerprint density at radius 1 is 1.44 bits per heavy atom. The average molecular weight is 390 g/mol. The Morgan fingerprint density at radius 2 is 2.20 bits per heavy atom. The van der Waals surface area contributed by atoms with E-state index in [-0.39, 0.29) is 11.0 Å². The highest BCUT2D eigenvalue weighted by Crippen LogP contribution is 2.39. The SMILES string of the molecule is C[C@H]1CCc2c(sc(NC(=S)NC(=O)c3ccccc3Cl)c2C#N)C1. The molecule has 1 heterocycles. The first-order chi connectivity index (χ1) is 12.0. The molecule has 128 valence electrons. The molecule has 1 aromatic carbocycles.